The quantitative estimate of drug-likeness (QED) is 0.0616. The van der Waals surface area contributed by atoms with E-state index in [9.17, 15) is 0 Å². The van der Waals surface area contributed by atoms with E-state index in [1.165, 1.54) is 109 Å². The number of hydrogen-bond donors (Lipinski definition) is 0. The van der Waals surface area contributed by atoms with Crippen LogP contribution in [0.2, 0.25) is 0 Å². The topological polar surface area (TPSA) is 0 Å². The van der Waals surface area contributed by atoms with Gasteiger partial charge in [-0.3, -0.25) is 0 Å². The number of hydrogen-bond acceptors (Lipinski definition) is 0. The lowest BCUT2D eigenvalue weighted by Crippen LogP contribution is -2.06. The Bertz CT molecular complexity index is 939. The third kappa shape index (κ3) is 25.0. The molecule has 0 bridgehead atoms. The molecule has 0 saturated carbocycles. The van der Waals surface area contributed by atoms with Gasteiger partial charge in [-0.2, -0.15) is 0 Å². The summed E-state index contributed by atoms with van der Waals surface area (Å²) in [7, 11) is 0. The molecule has 0 saturated heterocycles. The lowest BCUT2D eigenvalue weighted by atomic mass is 9.84. The maximum atomic E-state index is 4.59. The van der Waals surface area contributed by atoms with Crippen LogP contribution in [0, 0.1) is 23.7 Å². The molecule has 0 atom stereocenters. The lowest BCUT2D eigenvalue weighted by molar-refractivity contribution is 0.430. The van der Waals surface area contributed by atoms with Crippen molar-refractivity contribution in [2.75, 3.05) is 0 Å². The smallest absolute Gasteiger partial charge is 0.0286 e. The zero-order valence-electron chi connectivity index (χ0n) is 33.5. The van der Waals surface area contributed by atoms with Crippen molar-refractivity contribution in [1.82, 2.24) is 0 Å². The highest BCUT2D eigenvalue weighted by Gasteiger charge is 2.16. The van der Waals surface area contributed by atoms with Gasteiger partial charge in [-0.25, -0.2) is 0 Å². The molecule has 0 N–H and O–H groups in total. The minimum atomic E-state index is 0.624. The van der Waals surface area contributed by atoms with Crippen LogP contribution in [0.15, 0.2) is 97.2 Å². The molecule has 0 heterocycles. The molecule has 0 aliphatic rings. The molecule has 0 aromatic heterocycles. The van der Waals surface area contributed by atoms with Crippen molar-refractivity contribution in [3.05, 3.63) is 97.2 Å². The second kappa shape index (κ2) is 27.7. The number of allylic oxidation sites excluding steroid dienone is 8. The maximum Gasteiger partial charge on any atom is -0.0286 e. The van der Waals surface area contributed by atoms with Crippen LogP contribution in [-0.4, -0.2) is 0 Å². The Morgan fingerprint density at radius 1 is 0.312 bits per heavy atom. The van der Waals surface area contributed by atoms with E-state index in [0.29, 0.717) is 11.8 Å². The second-order valence-corrected chi connectivity index (χ2v) is 16.0. The standard InChI is InChI=1S/C48H82/c1-15-45(16-2)33-41(11)23-21-39(9)27-31-48(32-28-40(10)22-24-42(12)34-46(17-3)18-4)36-44(14)26-25-43(13)35-47(29-19-37(5)6)30-20-38(7)8/h45-48H,5,7,9-36H2,1-4,6,8H3. The van der Waals surface area contributed by atoms with Crippen LogP contribution in [-0.2, 0) is 0 Å². The van der Waals surface area contributed by atoms with E-state index < -0.39 is 0 Å². The molecule has 0 rings (SSSR count). The Kier molecular flexibility index (Phi) is 26.5. The van der Waals surface area contributed by atoms with Crippen LogP contribution in [0.1, 0.15) is 183 Å². The summed E-state index contributed by atoms with van der Waals surface area (Å²) in [6, 6.07) is 0. The molecule has 48 heavy (non-hydrogen) atoms. The van der Waals surface area contributed by atoms with Crippen LogP contribution >= 0.6 is 0 Å². The minimum absolute atomic E-state index is 0.624. The third-order valence-electron chi connectivity index (χ3n) is 10.9. The molecule has 0 aliphatic carbocycles. The van der Waals surface area contributed by atoms with Gasteiger partial charge in [-0.05, 0) is 153 Å². The van der Waals surface area contributed by atoms with E-state index in [0.717, 1.165) is 88.9 Å². The fraction of sp³-hybridized carbons (Fsp3) is 0.667. The van der Waals surface area contributed by atoms with E-state index in [1.807, 2.05) is 0 Å². The van der Waals surface area contributed by atoms with Crippen molar-refractivity contribution in [3.63, 3.8) is 0 Å². The van der Waals surface area contributed by atoms with Gasteiger partial charge in [-0.15, -0.1) is 13.2 Å². The van der Waals surface area contributed by atoms with Crippen molar-refractivity contribution < 1.29 is 0 Å². The van der Waals surface area contributed by atoms with E-state index in [2.05, 4.69) is 94.2 Å². The van der Waals surface area contributed by atoms with Crippen LogP contribution < -0.4 is 0 Å². The van der Waals surface area contributed by atoms with Crippen molar-refractivity contribution >= 4 is 0 Å². The first kappa shape index (κ1) is 45.9. The highest BCUT2D eigenvalue weighted by Crippen LogP contribution is 2.32. The van der Waals surface area contributed by atoms with Crippen molar-refractivity contribution in [3.8, 4) is 0 Å². The Balaban J connectivity index is 5.15. The Hall–Kier alpha value is -2.08. The Morgan fingerprint density at radius 3 is 0.792 bits per heavy atom. The molecule has 274 valence electrons. The summed E-state index contributed by atoms with van der Waals surface area (Å²) in [5.74, 6) is 2.85. The molecule has 0 nitrogen and oxygen atoms in total. The van der Waals surface area contributed by atoms with E-state index in [1.54, 1.807) is 0 Å². The largest absolute Gasteiger partial charge is 0.100 e. The average Bonchev–Trinajstić information content (AvgIpc) is 3.05. The van der Waals surface area contributed by atoms with Crippen LogP contribution in [0.5, 0.6) is 0 Å². The summed E-state index contributed by atoms with van der Waals surface area (Å²) >= 11 is 0. The fourth-order valence-electron chi connectivity index (χ4n) is 6.92. The van der Waals surface area contributed by atoms with Gasteiger partial charge in [-0.1, -0.05) is 137 Å². The average molecular weight is 659 g/mol. The predicted octanol–water partition coefficient (Wildman–Crippen LogP) is 16.6. The van der Waals surface area contributed by atoms with E-state index >= 15 is 0 Å². The maximum absolute atomic E-state index is 4.59. The van der Waals surface area contributed by atoms with Crippen LogP contribution in [0.4, 0.5) is 0 Å². The first-order valence-electron chi connectivity index (χ1n) is 20.0. The molecule has 0 heteroatoms. The lowest BCUT2D eigenvalue weighted by Gasteiger charge is -2.22. The molecule has 0 aromatic carbocycles. The number of rotatable bonds is 33. The highest BCUT2D eigenvalue weighted by atomic mass is 14.2. The predicted molar refractivity (Wildman–Crippen MR) is 223 cm³/mol. The monoisotopic (exact) mass is 659 g/mol. The first-order valence-corrected chi connectivity index (χ1v) is 20.0. The molecule has 0 unspecified atom stereocenters. The van der Waals surface area contributed by atoms with Gasteiger partial charge in [0.15, 0.2) is 0 Å². The summed E-state index contributed by atoms with van der Waals surface area (Å²) in [4.78, 5) is 0. The molecule has 0 aromatic rings. The summed E-state index contributed by atoms with van der Waals surface area (Å²) in [5, 5.41) is 0. The zero-order chi connectivity index (χ0) is 36.5. The van der Waals surface area contributed by atoms with E-state index in [4.69, 9.17) is 0 Å². The third-order valence-corrected chi connectivity index (χ3v) is 10.9. The zero-order valence-corrected chi connectivity index (χ0v) is 33.5. The summed E-state index contributed by atoms with van der Waals surface area (Å²) in [5.41, 5.74) is 10.9. The minimum Gasteiger partial charge on any atom is -0.100 e. The SMILES string of the molecule is C=C(C)CCC(CCC(=C)C)CC(=C)CCC(=C)CC(CCC(=C)CCC(=C)CC(CC)CC)CCC(=C)CCC(=C)CC(CC)CC. The van der Waals surface area contributed by atoms with Gasteiger partial charge in [0.1, 0.15) is 0 Å². The van der Waals surface area contributed by atoms with E-state index in [-0.39, 0.29) is 0 Å². The molecule has 0 aliphatic heterocycles. The molecule has 0 spiro atoms. The first-order chi connectivity index (χ1) is 22.7. The van der Waals surface area contributed by atoms with Gasteiger partial charge < -0.3 is 0 Å². The molecule has 0 radical (unpaired) electrons. The van der Waals surface area contributed by atoms with Crippen molar-refractivity contribution in [1.29, 1.82) is 0 Å². The summed E-state index contributed by atoms with van der Waals surface area (Å²) < 4.78 is 0. The van der Waals surface area contributed by atoms with Gasteiger partial charge in [0.05, 0.1) is 0 Å². The molecule has 0 amide bonds. The van der Waals surface area contributed by atoms with Gasteiger partial charge in [0.25, 0.3) is 0 Å². The van der Waals surface area contributed by atoms with Gasteiger partial charge in [0.2, 0.25) is 0 Å². The fourth-order valence-corrected chi connectivity index (χ4v) is 6.92. The van der Waals surface area contributed by atoms with Crippen molar-refractivity contribution in [2.24, 2.45) is 23.7 Å². The van der Waals surface area contributed by atoms with Gasteiger partial charge in [0, 0.05) is 0 Å². The van der Waals surface area contributed by atoms with Crippen molar-refractivity contribution in [2.45, 2.75) is 183 Å². The molecule has 0 fully saturated rings. The normalized spacial score (nSPS) is 11.5. The van der Waals surface area contributed by atoms with Crippen LogP contribution in [0.25, 0.3) is 0 Å². The van der Waals surface area contributed by atoms with Gasteiger partial charge >= 0.3 is 0 Å². The Labute approximate surface area is 302 Å². The highest BCUT2D eigenvalue weighted by molar-refractivity contribution is 5.08. The summed E-state index contributed by atoms with van der Waals surface area (Å²) in [6.07, 6.45) is 25.2. The van der Waals surface area contributed by atoms with Crippen LogP contribution in [0.3, 0.4) is 0 Å². The summed E-state index contributed by atoms with van der Waals surface area (Å²) in [6.45, 7) is 48.7. The molecular formula is C48H82. The second-order valence-electron chi connectivity index (χ2n) is 16.0. The molecular weight excluding hydrogens is 577 g/mol. The Morgan fingerprint density at radius 2 is 0.542 bits per heavy atom.